The molecule has 0 aliphatic carbocycles. The fraction of sp³-hybridized carbons (Fsp3) is 0.111. The number of halogens is 3. The van der Waals surface area contributed by atoms with Gasteiger partial charge in [0.15, 0.2) is 0 Å². The highest BCUT2D eigenvalue weighted by Crippen LogP contribution is 2.30. The van der Waals surface area contributed by atoms with Crippen LogP contribution in [-0.4, -0.2) is 12.5 Å². The molecule has 25 heavy (non-hydrogen) atoms. The highest BCUT2D eigenvalue weighted by Gasteiger charge is 2.12. The Bertz CT molecular complexity index is 853. The molecule has 0 spiro atoms. The van der Waals surface area contributed by atoms with E-state index in [-0.39, 0.29) is 5.57 Å². The van der Waals surface area contributed by atoms with Gasteiger partial charge in [-0.15, -0.1) is 0 Å². The van der Waals surface area contributed by atoms with E-state index in [0.717, 1.165) is 18.5 Å². The maximum atomic E-state index is 12.3. The summed E-state index contributed by atoms with van der Waals surface area (Å²) < 4.78 is 7.44. The van der Waals surface area contributed by atoms with Gasteiger partial charge in [-0.25, -0.2) is 0 Å². The van der Waals surface area contributed by atoms with Crippen molar-refractivity contribution in [1.82, 2.24) is 0 Å². The van der Waals surface area contributed by atoms with Crippen molar-refractivity contribution in [3.63, 3.8) is 0 Å². The molecule has 2 aromatic rings. The predicted molar refractivity (Wildman–Crippen MR) is 117 cm³/mol. The lowest BCUT2D eigenvalue weighted by molar-refractivity contribution is -0.112. The average molecular weight is 579 g/mol. The summed E-state index contributed by atoms with van der Waals surface area (Å²) in [6.07, 6.45) is 1.56. The van der Waals surface area contributed by atoms with Gasteiger partial charge in [0.1, 0.15) is 17.4 Å². The highest BCUT2D eigenvalue weighted by atomic mass is 127. The summed E-state index contributed by atoms with van der Waals surface area (Å²) in [6.45, 7) is 2.50. The van der Waals surface area contributed by atoms with E-state index < -0.39 is 5.91 Å². The van der Waals surface area contributed by atoms with Gasteiger partial charge in [-0.05, 0) is 94.1 Å². The molecule has 2 aromatic carbocycles. The second kappa shape index (κ2) is 9.40. The molecule has 0 saturated carbocycles. The van der Waals surface area contributed by atoms with E-state index >= 15 is 0 Å². The van der Waals surface area contributed by atoms with Crippen molar-refractivity contribution in [1.29, 1.82) is 5.26 Å². The molecule has 1 amide bonds. The fourth-order valence-corrected chi connectivity index (χ4v) is 4.34. The number of ether oxygens (including phenoxy) is 1. The molecule has 0 fully saturated rings. The molecule has 0 aliphatic rings. The summed E-state index contributed by atoms with van der Waals surface area (Å²) in [4.78, 5) is 12.3. The Morgan fingerprint density at radius 3 is 2.56 bits per heavy atom. The molecule has 0 saturated heterocycles. The minimum Gasteiger partial charge on any atom is -0.492 e. The van der Waals surface area contributed by atoms with Crippen LogP contribution in [0.5, 0.6) is 5.75 Å². The molecule has 4 nitrogen and oxygen atoms in total. The van der Waals surface area contributed by atoms with E-state index in [2.05, 4.69) is 50.5 Å². The third-order valence-corrected chi connectivity index (χ3v) is 4.91. The predicted octanol–water partition coefficient (Wildman–Crippen LogP) is 5.49. The molecule has 128 valence electrons. The summed E-state index contributed by atoms with van der Waals surface area (Å²) in [6, 6.07) is 12.5. The number of nitrogens with zero attached hydrogens (tertiary/aromatic N) is 1. The first kappa shape index (κ1) is 20.0. The van der Waals surface area contributed by atoms with E-state index in [1.807, 2.05) is 25.1 Å². The molecule has 0 bridgehead atoms. The van der Waals surface area contributed by atoms with E-state index in [9.17, 15) is 10.1 Å². The number of rotatable bonds is 5. The quantitative estimate of drug-likeness (QED) is 0.290. The number of carbonyl (C=O) groups excluding carboxylic acids is 1. The first-order chi connectivity index (χ1) is 11.9. The number of anilines is 1. The molecule has 2 rings (SSSR count). The molecule has 0 atom stereocenters. The van der Waals surface area contributed by atoms with Crippen molar-refractivity contribution in [2.24, 2.45) is 0 Å². The highest BCUT2D eigenvalue weighted by molar-refractivity contribution is 14.1. The Balaban J connectivity index is 2.28. The van der Waals surface area contributed by atoms with Crippen molar-refractivity contribution >= 4 is 74.5 Å². The minimum absolute atomic E-state index is 0.00994. The summed E-state index contributed by atoms with van der Waals surface area (Å²) in [7, 11) is 0. The van der Waals surface area contributed by atoms with Crippen LogP contribution in [0.1, 0.15) is 12.5 Å². The van der Waals surface area contributed by atoms with Crippen molar-refractivity contribution in [2.75, 3.05) is 11.9 Å². The summed E-state index contributed by atoms with van der Waals surface area (Å²) in [5.74, 6) is 0.325. The third-order valence-electron chi connectivity index (χ3n) is 3.07. The Morgan fingerprint density at radius 2 is 2.00 bits per heavy atom. The zero-order valence-electron chi connectivity index (χ0n) is 13.1. The van der Waals surface area contributed by atoms with Gasteiger partial charge in [0, 0.05) is 10.7 Å². The maximum Gasteiger partial charge on any atom is 0.266 e. The minimum atomic E-state index is -0.483. The van der Waals surface area contributed by atoms with Crippen molar-refractivity contribution in [2.45, 2.75) is 6.92 Å². The Kier molecular flexibility index (Phi) is 7.53. The van der Waals surface area contributed by atoms with E-state index in [1.54, 1.807) is 30.3 Å². The standard InChI is InChI=1S/C18H13ClI2N2O2/c1-2-25-17-15(20)7-11(8-16(17)21)6-12(10-22)18(24)23-14-5-3-4-13(19)9-14/h3-9H,2H2,1H3,(H,23,24)/b12-6+. The molecule has 0 radical (unpaired) electrons. The lowest BCUT2D eigenvalue weighted by Gasteiger charge is -2.10. The van der Waals surface area contributed by atoms with Gasteiger partial charge in [0.05, 0.1) is 13.7 Å². The van der Waals surface area contributed by atoms with Crippen LogP contribution < -0.4 is 10.1 Å². The van der Waals surface area contributed by atoms with Crippen LogP contribution in [0, 0.1) is 18.5 Å². The SMILES string of the molecule is CCOc1c(I)cc(/C=C(\C#N)C(=O)Nc2cccc(Cl)c2)cc1I. The van der Waals surface area contributed by atoms with Crippen LogP contribution in [0.4, 0.5) is 5.69 Å². The molecule has 0 aliphatic heterocycles. The van der Waals surface area contributed by atoms with Crippen LogP contribution >= 0.6 is 56.8 Å². The third kappa shape index (κ3) is 5.59. The van der Waals surface area contributed by atoms with Crippen LogP contribution in [-0.2, 0) is 4.79 Å². The molecule has 0 heterocycles. The lowest BCUT2D eigenvalue weighted by Crippen LogP contribution is -2.13. The molecule has 1 N–H and O–H groups in total. The maximum absolute atomic E-state index is 12.3. The number of amides is 1. The number of nitrogens with one attached hydrogen (secondary N) is 1. The molecule has 0 unspecified atom stereocenters. The second-order valence-electron chi connectivity index (χ2n) is 4.88. The van der Waals surface area contributed by atoms with Gasteiger partial charge in [-0.1, -0.05) is 17.7 Å². The number of nitriles is 1. The van der Waals surface area contributed by atoms with Crippen molar-refractivity contribution in [3.05, 3.63) is 59.7 Å². The Labute approximate surface area is 178 Å². The molecular formula is C18H13ClI2N2O2. The Morgan fingerprint density at radius 1 is 1.32 bits per heavy atom. The largest absolute Gasteiger partial charge is 0.492 e. The van der Waals surface area contributed by atoms with Crippen molar-refractivity contribution < 1.29 is 9.53 Å². The zero-order chi connectivity index (χ0) is 18.4. The number of benzene rings is 2. The molecule has 7 heteroatoms. The van der Waals surface area contributed by atoms with E-state index in [4.69, 9.17) is 16.3 Å². The number of carbonyl (C=O) groups is 1. The second-order valence-corrected chi connectivity index (χ2v) is 7.64. The van der Waals surface area contributed by atoms with Crippen LogP contribution in [0.3, 0.4) is 0 Å². The van der Waals surface area contributed by atoms with Crippen LogP contribution in [0.15, 0.2) is 42.0 Å². The van der Waals surface area contributed by atoms with E-state index in [1.165, 1.54) is 0 Å². The van der Waals surface area contributed by atoms with Gasteiger partial charge < -0.3 is 10.1 Å². The lowest BCUT2D eigenvalue weighted by atomic mass is 10.1. The first-order valence-electron chi connectivity index (χ1n) is 7.25. The summed E-state index contributed by atoms with van der Waals surface area (Å²) in [5, 5.41) is 12.5. The van der Waals surface area contributed by atoms with Gasteiger partial charge in [-0.2, -0.15) is 5.26 Å². The van der Waals surface area contributed by atoms with E-state index in [0.29, 0.717) is 17.3 Å². The van der Waals surface area contributed by atoms with Crippen LogP contribution in [0.2, 0.25) is 5.02 Å². The number of hydrogen-bond acceptors (Lipinski definition) is 3. The number of hydrogen-bond donors (Lipinski definition) is 1. The summed E-state index contributed by atoms with van der Waals surface area (Å²) in [5.41, 5.74) is 1.31. The molecular weight excluding hydrogens is 565 g/mol. The Hall–Kier alpha value is -1.31. The summed E-state index contributed by atoms with van der Waals surface area (Å²) >= 11 is 10.3. The van der Waals surface area contributed by atoms with Gasteiger partial charge >= 0.3 is 0 Å². The smallest absolute Gasteiger partial charge is 0.266 e. The van der Waals surface area contributed by atoms with Crippen molar-refractivity contribution in [3.8, 4) is 11.8 Å². The zero-order valence-corrected chi connectivity index (χ0v) is 18.2. The first-order valence-corrected chi connectivity index (χ1v) is 9.78. The fourth-order valence-electron chi connectivity index (χ4n) is 2.02. The molecule has 0 aromatic heterocycles. The topological polar surface area (TPSA) is 62.1 Å². The monoisotopic (exact) mass is 578 g/mol. The van der Waals surface area contributed by atoms with Gasteiger partial charge in [-0.3, -0.25) is 4.79 Å². The normalized spacial score (nSPS) is 10.9. The van der Waals surface area contributed by atoms with Gasteiger partial charge in [0.2, 0.25) is 0 Å². The van der Waals surface area contributed by atoms with Crippen LogP contribution in [0.25, 0.3) is 6.08 Å². The average Bonchev–Trinajstić information content (AvgIpc) is 2.56. The van der Waals surface area contributed by atoms with Gasteiger partial charge in [0.25, 0.3) is 5.91 Å².